The first kappa shape index (κ1) is 19.6. The van der Waals surface area contributed by atoms with Crippen LogP contribution in [-0.2, 0) is 4.74 Å². The molecule has 1 heterocycles. The fourth-order valence-electron chi connectivity index (χ4n) is 2.70. The van der Waals surface area contributed by atoms with E-state index in [-0.39, 0.29) is 33.3 Å². The van der Waals surface area contributed by atoms with Crippen LogP contribution in [0.3, 0.4) is 0 Å². The van der Waals surface area contributed by atoms with Crippen molar-refractivity contribution in [3.63, 3.8) is 0 Å². The molecule has 11 heteroatoms. The molecule has 0 unspecified atom stereocenters. The van der Waals surface area contributed by atoms with Gasteiger partial charge in [-0.25, -0.2) is 10.2 Å². The maximum atomic E-state index is 12.8. The van der Waals surface area contributed by atoms with Gasteiger partial charge >= 0.3 is 6.03 Å². The molecule has 4 N–H and O–H groups in total. The third-order valence-corrected chi connectivity index (χ3v) is 4.11. The lowest BCUT2D eigenvalue weighted by Crippen LogP contribution is -2.39. The van der Waals surface area contributed by atoms with E-state index in [1.165, 1.54) is 37.6 Å². The average Bonchev–Trinajstić information content (AvgIpc) is 2.72. The molecular weight excluding hydrogens is 378 g/mol. The van der Waals surface area contributed by atoms with Crippen LogP contribution in [0.4, 0.5) is 10.5 Å². The number of rotatable bonds is 5. The van der Waals surface area contributed by atoms with Crippen LogP contribution in [0.2, 0.25) is 0 Å². The molecule has 2 amide bonds. The highest BCUT2D eigenvalue weighted by molar-refractivity contribution is 5.87. The minimum atomic E-state index is -0.511. The van der Waals surface area contributed by atoms with Gasteiger partial charge in [-0.1, -0.05) is 0 Å². The van der Waals surface area contributed by atoms with E-state index >= 15 is 0 Å². The average molecular weight is 395 g/mol. The molecular formula is C18H17N7O4. The number of methoxy groups -OCH3 is 1. The number of ether oxygens (including phenoxy) is 1. The summed E-state index contributed by atoms with van der Waals surface area (Å²) in [5.74, 6) is 0. The maximum absolute atomic E-state index is 12.8. The first-order chi connectivity index (χ1) is 14.0. The molecule has 148 valence electrons. The van der Waals surface area contributed by atoms with Gasteiger partial charge in [-0.2, -0.15) is 19.8 Å². The van der Waals surface area contributed by atoms with Gasteiger partial charge in [0.1, 0.15) is 6.07 Å². The molecule has 11 nitrogen and oxygen atoms in total. The van der Waals surface area contributed by atoms with Crippen LogP contribution in [0.5, 0.6) is 0 Å². The van der Waals surface area contributed by atoms with E-state index in [1.807, 2.05) is 6.07 Å². The number of aromatic nitrogens is 2. The third-order valence-electron chi connectivity index (χ3n) is 4.11. The molecule has 3 rings (SSSR count). The van der Waals surface area contributed by atoms with E-state index in [2.05, 4.69) is 15.8 Å². The Morgan fingerprint density at radius 2 is 1.93 bits per heavy atom. The number of benzene rings is 2. The Hall–Kier alpha value is -4.17. The lowest BCUT2D eigenvalue weighted by atomic mass is 10.1. The van der Waals surface area contributed by atoms with E-state index in [4.69, 9.17) is 15.7 Å². The molecule has 0 aliphatic heterocycles. The van der Waals surface area contributed by atoms with Gasteiger partial charge in [0, 0.05) is 43.5 Å². The van der Waals surface area contributed by atoms with Gasteiger partial charge < -0.3 is 26.2 Å². The number of urea groups is 1. The molecule has 0 fully saturated rings. The zero-order chi connectivity index (χ0) is 21.0. The minimum Gasteiger partial charge on any atom is -0.617 e. The lowest BCUT2D eigenvalue weighted by molar-refractivity contribution is -0.591. The number of amides is 2. The number of nitriles is 1. The van der Waals surface area contributed by atoms with Crippen molar-refractivity contribution >= 4 is 40.0 Å². The molecule has 0 bridgehead atoms. The van der Waals surface area contributed by atoms with E-state index in [9.17, 15) is 15.2 Å². The van der Waals surface area contributed by atoms with E-state index in [0.717, 1.165) is 0 Å². The molecule has 0 aliphatic carbocycles. The Labute approximate surface area is 164 Å². The standard InChI is InChI=1S/C18H17N7O4/c1-29-5-4-21-18(26)23-22-10-11-2-3-14-15(6-11)25(28)16-7-12(9-19)13(20)8-17(16)24(14)27/h2-3,6-8,10H,4-5,20H2,1H3,(H2,21,23,26)/b22-10+. The van der Waals surface area contributed by atoms with Crippen molar-refractivity contribution in [2.45, 2.75) is 0 Å². The number of nitrogen functional groups attached to an aromatic ring is 1. The second-order valence-electron chi connectivity index (χ2n) is 6.00. The third kappa shape index (κ3) is 3.92. The van der Waals surface area contributed by atoms with Crippen LogP contribution in [0.25, 0.3) is 22.1 Å². The molecule has 0 saturated carbocycles. The van der Waals surface area contributed by atoms with E-state index in [1.54, 1.807) is 6.07 Å². The van der Waals surface area contributed by atoms with Crippen molar-refractivity contribution in [3.05, 3.63) is 51.9 Å². The molecule has 0 radical (unpaired) electrons. The Morgan fingerprint density at radius 3 is 2.66 bits per heavy atom. The van der Waals surface area contributed by atoms with Crippen LogP contribution in [0.15, 0.2) is 35.4 Å². The first-order valence-electron chi connectivity index (χ1n) is 8.44. The highest BCUT2D eigenvalue weighted by atomic mass is 16.5. The number of nitrogens with zero attached hydrogens (tertiary/aromatic N) is 4. The highest BCUT2D eigenvalue weighted by Gasteiger charge is 2.23. The zero-order valence-electron chi connectivity index (χ0n) is 15.4. The van der Waals surface area contributed by atoms with Gasteiger partial charge in [-0.05, 0) is 6.07 Å². The van der Waals surface area contributed by atoms with Gasteiger partial charge in [0.05, 0.1) is 24.1 Å². The second kappa shape index (κ2) is 8.24. The summed E-state index contributed by atoms with van der Waals surface area (Å²) in [4.78, 5) is 11.5. The predicted octanol–water partition coefficient (Wildman–Crippen LogP) is -0.00682. The first-order valence-corrected chi connectivity index (χ1v) is 8.44. The SMILES string of the molecule is COCCNC(=O)N/N=C/c1ccc2c(c1)[n+]([O-])c1cc(C#N)c(N)cc1[n+]2[O-]. The molecule has 0 atom stereocenters. The zero-order valence-corrected chi connectivity index (χ0v) is 15.4. The number of hydrogen-bond acceptors (Lipinski definition) is 7. The van der Waals surface area contributed by atoms with E-state index in [0.29, 0.717) is 28.2 Å². The van der Waals surface area contributed by atoms with Crippen molar-refractivity contribution in [2.24, 2.45) is 5.10 Å². The highest BCUT2D eigenvalue weighted by Crippen LogP contribution is 2.19. The monoisotopic (exact) mass is 395 g/mol. The fraction of sp³-hybridized carbons (Fsp3) is 0.167. The summed E-state index contributed by atoms with van der Waals surface area (Å²) in [5, 5.41) is 40.9. The number of nitrogens with one attached hydrogen (secondary N) is 2. The Morgan fingerprint density at radius 1 is 1.24 bits per heavy atom. The predicted molar refractivity (Wildman–Crippen MR) is 105 cm³/mol. The topological polar surface area (TPSA) is 166 Å². The van der Waals surface area contributed by atoms with E-state index < -0.39 is 6.03 Å². The summed E-state index contributed by atoms with van der Waals surface area (Å²) in [7, 11) is 1.52. The molecule has 2 aromatic carbocycles. The van der Waals surface area contributed by atoms with Gasteiger partial charge in [0.2, 0.25) is 0 Å². The normalized spacial score (nSPS) is 11.0. The fourth-order valence-corrected chi connectivity index (χ4v) is 2.70. The van der Waals surface area contributed by atoms with Crippen LogP contribution < -0.4 is 25.9 Å². The van der Waals surface area contributed by atoms with Gasteiger partial charge in [-0.15, -0.1) is 0 Å². The Bertz CT molecular complexity index is 1170. The molecule has 3 aromatic rings. The molecule has 29 heavy (non-hydrogen) atoms. The second-order valence-corrected chi connectivity index (χ2v) is 6.00. The van der Waals surface area contributed by atoms with Crippen molar-refractivity contribution in [1.29, 1.82) is 5.26 Å². The largest absolute Gasteiger partial charge is 0.617 e. The summed E-state index contributed by atoms with van der Waals surface area (Å²) < 4.78 is 5.95. The molecule has 0 spiro atoms. The van der Waals surface area contributed by atoms with Crippen LogP contribution >= 0.6 is 0 Å². The smallest absolute Gasteiger partial charge is 0.335 e. The molecule has 1 aromatic heterocycles. The lowest BCUT2D eigenvalue weighted by Gasteiger charge is -2.09. The minimum absolute atomic E-state index is 0.0167. The van der Waals surface area contributed by atoms with Gasteiger partial charge in [0.15, 0.2) is 0 Å². The number of anilines is 1. The number of hydrazone groups is 1. The summed E-state index contributed by atoms with van der Waals surface area (Å²) in [5.41, 5.74) is 9.00. The number of hydrogen-bond donors (Lipinski definition) is 3. The van der Waals surface area contributed by atoms with Crippen LogP contribution in [0.1, 0.15) is 11.1 Å². The summed E-state index contributed by atoms with van der Waals surface area (Å²) in [6, 6.07) is 8.44. The number of nitrogens with two attached hydrogens (primary N) is 1. The number of carbonyl (C=O) groups excluding carboxylic acids is 1. The van der Waals surface area contributed by atoms with Gasteiger partial charge in [0.25, 0.3) is 22.1 Å². The quantitative estimate of drug-likeness (QED) is 0.104. The van der Waals surface area contributed by atoms with Crippen LogP contribution in [-0.4, -0.2) is 32.5 Å². The maximum Gasteiger partial charge on any atom is 0.335 e. The summed E-state index contributed by atoms with van der Waals surface area (Å²) in [6.45, 7) is 0.698. The van der Waals surface area contributed by atoms with Crippen molar-refractivity contribution in [3.8, 4) is 6.07 Å². The van der Waals surface area contributed by atoms with Crippen molar-refractivity contribution in [2.75, 3.05) is 26.0 Å². The van der Waals surface area contributed by atoms with Gasteiger partial charge in [-0.3, -0.25) is 0 Å². The summed E-state index contributed by atoms with van der Waals surface area (Å²) in [6.07, 6.45) is 1.33. The van der Waals surface area contributed by atoms with Crippen LogP contribution in [0, 0.1) is 21.7 Å². The van der Waals surface area contributed by atoms with Crippen molar-refractivity contribution < 1.29 is 19.0 Å². The Kier molecular flexibility index (Phi) is 5.56. The number of carbonyl (C=O) groups is 1. The molecule has 0 saturated heterocycles. The van der Waals surface area contributed by atoms with Crippen molar-refractivity contribution in [1.82, 2.24) is 10.7 Å². The Balaban J connectivity index is 1.95. The summed E-state index contributed by atoms with van der Waals surface area (Å²) >= 11 is 0. The number of fused-ring (bicyclic) bond motifs is 2. The molecule has 0 aliphatic rings.